The average Bonchev–Trinajstić information content (AvgIpc) is 3.45. The largest absolute Gasteiger partial charge is 0.463 e. The third-order valence-corrected chi connectivity index (χ3v) is 5.79. The van der Waals surface area contributed by atoms with E-state index in [0.717, 1.165) is 16.5 Å². The fourth-order valence-corrected chi connectivity index (χ4v) is 4.06. The van der Waals surface area contributed by atoms with E-state index in [0.29, 0.717) is 17.0 Å². The Kier molecular flexibility index (Phi) is 5.35. The molecular formula is C20H21ClN6O5. The normalized spacial score (nSPS) is 23.4. The molecule has 1 aromatic carbocycles. The van der Waals surface area contributed by atoms with Crippen LogP contribution in [-0.4, -0.2) is 71.3 Å². The van der Waals surface area contributed by atoms with Gasteiger partial charge in [-0.25, -0.2) is 4.98 Å². The van der Waals surface area contributed by atoms with E-state index in [4.69, 9.17) is 26.8 Å². The molecule has 0 bridgehead atoms. The number of ether oxygens (including phenoxy) is 2. The number of rotatable bonds is 6. The number of nitrogens with zero attached hydrogens (tertiary/aromatic N) is 4. The lowest BCUT2D eigenvalue weighted by atomic mass is 10.1. The number of benzene rings is 1. The average molecular weight is 461 g/mol. The summed E-state index contributed by atoms with van der Waals surface area (Å²) in [4.78, 5) is 15.9. The van der Waals surface area contributed by atoms with Crippen LogP contribution in [0, 0.1) is 0 Å². The predicted molar refractivity (Wildman–Crippen MR) is 115 cm³/mol. The monoisotopic (exact) mass is 460 g/mol. The summed E-state index contributed by atoms with van der Waals surface area (Å²) in [7, 11) is 0. The molecule has 0 aliphatic carbocycles. The molecule has 5 rings (SSSR count). The molecule has 11 nitrogen and oxygen atoms in total. The first kappa shape index (κ1) is 20.9. The van der Waals surface area contributed by atoms with Gasteiger partial charge in [0.25, 0.3) is 0 Å². The van der Waals surface area contributed by atoms with E-state index >= 15 is 0 Å². The summed E-state index contributed by atoms with van der Waals surface area (Å²) >= 11 is 6.10. The van der Waals surface area contributed by atoms with E-state index in [1.165, 1.54) is 10.9 Å². The van der Waals surface area contributed by atoms with Gasteiger partial charge in [-0.15, -0.1) is 0 Å². The van der Waals surface area contributed by atoms with Gasteiger partial charge in [0.15, 0.2) is 23.2 Å². The summed E-state index contributed by atoms with van der Waals surface area (Å²) in [5.74, 6) is 0.106. The molecule has 0 unspecified atom stereocenters. The number of imidazole rings is 1. The molecule has 12 heteroatoms. The van der Waals surface area contributed by atoms with Crippen LogP contribution in [0.2, 0.25) is 5.02 Å². The van der Waals surface area contributed by atoms with Crippen molar-refractivity contribution in [3.63, 3.8) is 0 Å². The standard InChI is InChI=1S/C20H21ClN6O5/c21-10-1-2-12-11(5-10)9(6-23-12)3-4-31-20-25-17(22)14-18(26-20)27(8-24-14)19-16(30)15(29)13(7-28)32-19/h1-2,5-6,8,13,15-16,19,23,28-30H,3-4,7H2,(H2,22,25,26)/t13-,15-,16-,19-/m1/s1. The van der Waals surface area contributed by atoms with Crippen molar-refractivity contribution in [2.75, 3.05) is 18.9 Å². The van der Waals surface area contributed by atoms with Crippen LogP contribution in [0.4, 0.5) is 5.82 Å². The van der Waals surface area contributed by atoms with E-state index in [-0.39, 0.29) is 24.1 Å². The van der Waals surface area contributed by atoms with Gasteiger partial charge >= 0.3 is 6.01 Å². The highest BCUT2D eigenvalue weighted by Crippen LogP contribution is 2.32. The van der Waals surface area contributed by atoms with Crippen molar-refractivity contribution in [3.05, 3.63) is 41.3 Å². The highest BCUT2D eigenvalue weighted by Gasteiger charge is 2.44. The first-order valence-electron chi connectivity index (χ1n) is 9.97. The zero-order valence-electron chi connectivity index (χ0n) is 16.7. The molecular weight excluding hydrogens is 440 g/mol. The van der Waals surface area contributed by atoms with E-state index in [9.17, 15) is 15.3 Å². The summed E-state index contributed by atoms with van der Waals surface area (Å²) in [5.41, 5.74) is 8.62. The highest BCUT2D eigenvalue weighted by atomic mass is 35.5. The van der Waals surface area contributed by atoms with Gasteiger partial charge in [-0.05, 0) is 23.8 Å². The number of H-pyrrole nitrogens is 1. The van der Waals surface area contributed by atoms with Gasteiger partial charge in [0.2, 0.25) is 0 Å². The number of nitrogen functional groups attached to an aromatic ring is 1. The number of aromatic amines is 1. The lowest BCUT2D eigenvalue weighted by Crippen LogP contribution is -2.33. The fraction of sp³-hybridized carbons (Fsp3) is 0.350. The van der Waals surface area contributed by atoms with E-state index < -0.39 is 31.1 Å². The molecule has 6 N–H and O–H groups in total. The van der Waals surface area contributed by atoms with Gasteiger partial charge in [-0.2, -0.15) is 9.97 Å². The van der Waals surface area contributed by atoms with E-state index in [2.05, 4.69) is 19.9 Å². The Morgan fingerprint density at radius 3 is 2.88 bits per heavy atom. The number of halogens is 1. The van der Waals surface area contributed by atoms with Gasteiger partial charge in [0.05, 0.1) is 19.5 Å². The maximum absolute atomic E-state index is 10.3. The number of fused-ring (bicyclic) bond motifs is 2. The summed E-state index contributed by atoms with van der Waals surface area (Å²) in [5, 5.41) is 31.4. The Balaban J connectivity index is 1.37. The van der Waals surface area contributed by atoms with Crippen molar-refractivity contribution in [2.45, 2.75) is 31.0 Å². The molecule has 4 aromatic rings. The molecule has 32 heavy (non-hydrogen) atoms. The molecule has 0 radical (unpaired) electrons. The van der Waals surface area contributed by atoms with Crippen LogP contribution in [0.1, 0.15) is 11.8 Å². The molecule has 4 heterocycles. The minimum atomic E-state index is -1.28. The number of nitrogens with one attached hydrogen (secondary N) is 1. The van der Waals surface area contributed by atoms with Crippen LogP contribution < -0.4 is 10.5 Å². The van der Waals surface area contributed by atoms with Crippen molar-refractivity contribution in [3.8, 4) is 6.01 Å². The van der Waals surface area contributed by atoms with Crippen LogP contribution >= 0.6 is 11.6 Å². The number of nitrogens with two attached hydrogens (primary N) is 1. The van der Waals surface area contributed by atoms with Gasteiger partial charge in [-0.3, -0.25) is 4.57 Å². The van der Waals surface area contributed by atoms with Crippen LogP contribution in [0.5, 0.6) is 6.01 Å². The molecule has 0 amide bonds. The first-order valence-corrected chi connectivity index (χ1v) is 10.3. The Morgan fingerprint density at radius 2 is 2.09 bits per heavy atom. The number of hydrogen-bond donors (Lipinski definition) is 5. The molecule has 0 spiro atoms. The maximum Gasteiger partial charge on any atom is 0.320 e. The molecule has 3 aromatic heterocycles. The first-order chi connectivity index (χ1) is 15.5. The van der Waals surface area contributed by atoms with Crippen LogP contribution in [0.25, 0.3) is 22.1 Å². The third-order valence-electron chi connectivity index (χ3n) is 5.55. The van der Waals surface area contributed by atoms with Crippen LogP contribution in [-0.2, 0) is 11.2 Å². The van der Waals surface area contributed by atoms with Crippen molar-refractivity contribution < 1.29 is 24.8 Å². The Labute approximate surface area is 186 Å². The fourth-order valence-electron chi connectivity index (χ4n) is 3.89. The second-order valence-corrected chi connectivity index (χ2v) is 7.98. The number of aromatic nitrogens is 5. The number of hydrogen-bond acceptors (Lipinski definition) is 9. The van der Waals surface area contributed by atoms with Gasteiger partial charge in [-0.1, -0.05) is 11.6 Å². The third kappa shape index (κ3) is 3.53. The summed E-state index contributed by atoms with van der Waals surface area (Å²) in [6, 6.07) is 5.67. The molecule has 1 fully saturated rings. The maximum atomic E-state index is 10.3. The number of anilines is 1. The molecule has 1 aliphatic heterocycles. The lowest BCUT2D eigenvalue weighted by molar-refractivity contribution is -0.0511. The topological polar surface area (TPSA) is 165 Å². The van der Waals surface area contributed by atoms with Crippen molar-refractivity contribution in [1.29, 1.82) is 0 Å². The minimum absolute atomic E-state index is 0.0429. The van der Waals surface area contributed by atoms with Gasteiger partial charge in [0, 0.05) is 28.5 Å². The predicted octanol–water partition coefficient (Wildman–Crippen LogP) is 0.776. The van der Waals surface area contributed by atoms with Gasteiger partial charge in [0.1, 0.15) is 18.3 Å². The summed E-state index contributed by atoms with van der Waals surface area (Å²) in [6.07, 6.45) is -0.580. The SMILES string of the molecule is Nc1nc(OCCc2c[nH]c3ccc(Cl)cc23)nc2c1ncn2[C@@H]1O[C@H](CO)[C@@H](O)[C@H]1O. The Hall–Kier alpha value is -2.96. The summed E-state index contributed by atoms with van der Waals surface area (Å²) < 4.78 is 12.7. The quantitative estimate of drug-likeness (QED) is 0.279. The minimum Gasteiger partial charge on any atom is -0.463 e. The smallest absolute Gasteiger partial charge is 0.320 e. The van der Waals surface area contributed by atoms with Crippen molar-refractivity contribution in [1.82, 2.24) is 24.5 Å². The van der Waals surface area contributed by atoms with Crippen LogP contribution in [0.15, 0.2) is 30.7 Å². The highest BCUT2D eigenvalue weighted by molar-refractivity contribution is 6.31. The lowest BCUT2D eigenvalue weighted by Gasteiger charge is -2.16. The molecule has 4 atom stereocenters. The van der Waals surface area contributed by atoms with Gasteiger partial charge < -0.3 is 35.5 Å². The summed E-state index contributed by atoms with van der Waals surface area (Å²) in [6.45, 7) is -0.154. The van der Waals surface area contributed by atoms with E-state index in [1.54, 1.807) is 0 Å². The Morgan fingerprint density at radius 1 is 1.25 bits per heavy atom. The van der Waals surface area contributed by atoms with E-state index in [1.807, 2.05) is 24.4 Å². The number of aliphatic hydroxyl groups is 3. The molecule has 0 saturated carbocycles. The van der Waals surface area contributed by atoms with Crippen molar-refractivity contribution in [2.24, 2.45) is 0 Å². The second kappa shape index (κ2) is 8.19. The molecule has 1 aliphatic rings. The zero-order valence-corrected chi connectivity index (χ0v) is 17.5. The van der Waals surface area contributed by atoms with Crippen LogP contribution in [0.3, 0.4) is 0 Å². The van der Waals surface area contributed by atoms with Crippen molar-refractivity contribution >= 4 is 39.5 Å². The molecule has 1 saturated heterocycles. The second-order valence-electron chi connectivity index (χ2n) is 7.55. The molecule has 168 valence electrons. The zero-order chi connectivity index (χ0) is 22.4. The Bertz CT molecular complexity index is 1280. The number of aliphatic hydroxyl groups excluding tert-OH is 3.